The number of hydrogen-bond donors (Lipinski definition) is 1. The van der Waals surface area contributed by atoms with E-state index in [1.54, 1.807) is 0 Å². The van der Waals surface area contributed by atoms with Crippen LogP contribution < -0.4 is 0 Å². The monoisotopic (exact) mass is 335 g/mol. The van der Waals surface area contributed by atoms with Gasteiger partial charge >= 0.3 is 0 Å². The Kier molecular flexibility index (Phi) is 5.09. The molecule has 0 unspecified atom stereocenters. The lowest BCUT2D eigenvalue weighted by molar-refractivity contribution is 0.295. The zero-order valence-electron chi connectivity index (χ0n) is 8.93. The molecule has 0 heterocycles. The molecule has 1 aromatic carbocycles. The van der Waals surface area contributed by atoms with Gasteiger partial charge in [0.1, 0.15) is 5.75 Å². The lowest BCUT2D eigenvalue weighted by Crippen LogP contribution is -2.22. The maximum Gasteiger partial charge on any atom is 0.143 e. The summed E-state index contributed by atoms with van der Waals surface area (Å²) in [5.41, 5.74) is 1.19. The Hall–Kier alpha value is -0.0600. The summed E-state index contributed by atoms with van der Waals surface area (Å²) < 4.78 is 1.47. The van der Waals surface area contributed by atoms with Gasteiger partial charge in [-0.25, -0.2) is 0 Å². The summed E-state index contributed by atoms with van der Waals surface area (Å²) >= 11 is 6.66. The van der Waals surface area contributed by atoms with E-state index in [-0.39, 0.29) is 5.75 Å². The quantitative estimate of drug-likeness (QED) is 0.904. The van der Waals surface area contributed by atoms with E-state index in [9.17, 15) is 5.11 Å². The van der Waals surface area contributed by atoms with Gasteiger partial charge in [-0.3, -0.25) is 4.90 Å². The smallest absolute Gasteiger partial charge is 0.143 e. The molecule has 0 aliphatic carbocycles. The average Bonchev–Trinajstić information content (AvgIpc) is 2.22. The maximum absolute atomic E-state index is 9.57. The molecule has 0 aromatic heterocycles. The molecular weight excluding hydrogens is 322 g/mol. The predicted octanol–water partition coefficient (Wildman–Crippen LogP) is 3.76. The van der Waals surface area contributed by atoms with Gasteiger partial charge in [-0.05, 0) is 62.6 Å². The van der Waals surface area contributed by atoms with Crippen molar-refractivity contribution in [2.24, 2.45) is 0 Å². The first kappa shape index (κ1) is 13.0. The number of phenols is 1. The fourth-order valence-electron chi connectivity index (χ4n) is 1.41. The highest BCUT2D eigenvalue weighted by atomic mass is 79.9. The Balaban J connectivity index is 2.87. The first-order chi connectivity index (χ1) is 7.08. The van der Waals surface area contributed by atoms with E-state index < -0.39 is 0 Å². The Morgan fingerprint density at radius 3 is 2.00 bits per heavy atom. The second-order valence-corrected chi connectivity index (χ2v) is 5.08. The van der Waals surface area contributed by atoms with E-state index in [2.05, 4.69) is 50.6 Å². The molecule has 0 saturated carbocycles. The molecule has 0 aliphatic heterocycles. The summed E-state index contributed by atoms with van der Waals surface area (Å²) in [6, 6.07) is 3.91. The van der Waals surface area contributed by atoms with Gasteiger partial charge in [0.15, 0.2) is 0 Å². The van der Waals surface area contributed by atoms with Crippen LogP contribution in [0.15, 0.2) is 21.1 Å². The van der Waals surface area contributed by atoms with E-state index in [0.717, 1.165) is 28.6 Å². The molecule has 1 rings (SSSR count). The second-order valence-electron chi connectivity index (χ2n) is 3.37. The molecule has 0 radical (unpaired) electrons. The molecule has 0 bridgehead atoms. The Morgan fingerprint density at radius 2 is 1.60 bits per heavy atom. The number of rotatable bonds is 4. The van der Waals surface area contributed by atoms with Gasteiger partial charge in [0.25, 0.3) is 0 Å². The fourth-order valence-corrected chi connectivity index (χ4v) is 2.70. The molecule has 15 heavy (non-hydrogen) atoms. The van der Waals surface area contributed by atoms with Crippen molar-refractivity contribution in [3.8, 4) is 5.75 Å². The Morgan fingerprint density at radius 1 is 1.13 bits per heavy atom. The molecule has 0 aliphatic rings. The minimum atomic E-state index is 0.262. The van der Waals surface area contributed by atoms with Crippen LogP contribution in [0.3, 0.4) is 0 Å². The zero-order valence-corrected chi connectivity index (χ0v) is 12.1. The number of benzene rings is 1. The normalized spacial score (nSPS) is 11.0. The van der Waals surface area contributed by atoms with Gasteiger partial charge in [0, 0.05) is 6.54 Å². The molecule has 0 spiro atoms. The summed E-state index contributed by atoms with van der Waals surface area (Å²) in [4.78, 5) is 2.32. The third-order valence-electron chi connectivity index (χ3n) is 2.38. The molecule has 0 amide bonds. The molecule has 4 heteroatoms. The van der Waals surface area contributed by atoms with Gasteiger partial charge in [0.05, 0.1) is 8.95 Å². The minimum absolute atomic E-state index is 0.262. The van der Waals surface area contributed by atoms with Gasteiger partial charge in [-0.2, -0.15) is 0 Å². The molecule has 0 atom stereocenters. The number of halogens is 2. The Bertz CT molecular complexity index is 314. The van der Waals surface area contributed by atoms with Crippen LogP contribution in [0.25, 0.3) is 0 Å². The highest BCUT2D eigenvalue weighted by molar-refractivity contribution is 9.11. The van der Waals surface area contributed by atoms with Crippen LogP contribution in [0.4, 0.5) is 0 Å². The summed E-state index contributed by atoms with van der Waals surface area (Å²) in [6.07, 6.45) is 0. The molecule has 1 N–H and O–H groups in total. The fraction of sp³-hybridized carbons (Fsp3) is 0.455. The van der Waals surface area contributed by atoms with Crippen LogP contribution in [-0.2, 0) is 6.54 Å². The van der Waals surface area contributed by atoms with E-state index >= 15 is 0 Å². The van der Waals surface area contributed by atoms with Crippen molar-refractivity contribution in [3.63, 3.8) is 0 Å². The van der Waals surface area contributed by atoms with Crippen LogP contribution in [0, 0.1) is 0 Å². The lowest BCUT2D eigenvalue weighted by atomic mass is 10.2. The summed E-state index contributed by atoms with van der Waals surface area (Å²) in [6.45, 7) is 7.27. The SMILES string of the molecule is CCN(CC)Cc1cc(Br)c(O)c(Br)c1. The number of nitrogens with zero attached hydrogens (tertiary/aromatic N) is 1. The van der Waals surface area contributed by atoms with Crippen molar-refractivity contribution < 1.29 is 5.11 Å². The molecule has 0 saturated heterocycles. The van der Waals surface area contributed by atoms with Crippen molar-refractivity contribution in [2.75, 3.05) is 13.1 Å². The van der Waals surface area contributed by atoms with Gasteiger partial charge in [-0.15, -0.1) is 0 Å². The molecule has 1 aromatic rings. The summed E-state index contributed by atoms with van der Waals surface area (Å²) in [7, 11) is 0. The molecule has 0 fully saturated rings. The topological polar surface area (TPSA) is 23.5 Å². The van der Waals surface area contributed by atoms with Gasteiger partial charge in [0.2, 0.25) is 0 Å². The van der Waals surface area contributed by atoms with Crippen LogP contribution in [0.2, 0.25) is 0 Å². The summed E-state index contributed by atoms with van der Waals surface area (Å²) in [5, 5.41) is 9.57. The van der Waals surface area contributed by atoms with Crippen LogP contribution in [0.5, 0.6) is 5.75 Å². The van der Waals surface area contributed by atoms with E-state index in [1.807, 2.05) is 12.1 Å². The predicted molar refractivity (Wildman–Crippen MR) is 70.1 cm³/mol. The minimum Gasteiger partial charge on any atom is -0.506 e. The summed E-state index contributed by atoms with van der Waals surface area (Å²) in [5.74, 6) is 0.262. The van der Waals surface area contributed by atoms with Crippen LogP contribution in [0.1, 0.15) is 19.4 Å². The second kappa shape index (κ2) is 5.87. The van der Waals surface area contributed by atoms with Crippen LogP contribution >= 0.6 is 31.9 Å². The average molecular weight is 337 g/mol. The zero-order chi connectivity index (χ0) is 11.4. The van der Waals surface area contributed by atoms with Crippen molar-refractivity contribution in [3.05, 3.63) is 26.6 Å². The molecule has 2 nitrogen and oxygen atoms in total. The van der Waals surface area contributed by atoms with Gasteiger partial charge in [-0.1, -0.05) is 13.8 Å². The van der Waals surface area contributed by atoms with Crippen molar-refractivity contribution in [1.29, 1.82) is 0 Å². The van der Waals surface area contributed by atoms with Crippen molar-refractivity contribution in [1.82, 2.24) is 4.90 Å². The van der Waals surface area contributed by atoms with Crippen LogP contribution in [-0.4, -0.2) is 23.1 Å². The lowest BCUT2D eigenvalue weighted by Gasteiger charge is -2.18. The van der Waals surface area contributed by atoms with E-state index in [4.69, 9.17) is 0 Å². The third-order valence-corrected chi connectivity index (χ3v) is 3.59. The van der Waals surface area contributed by atoms with Crippen molar-refractivity contribution in [2.45, 2.75) is 20.4 Å². The third kappa shape index (κ3) is 3.47. The highest BCUT2D eigenvalue weighted by Gasteiger charge is 2.07. The van der Waals surface area contributed by atoms with E-state index in [0.29, 0.717) is 0 Å². The first-order valence-electron chi connectivity index (χ1n) is 4.97. The first-order valence-corrected chi connectivity index (χ1v) is 6.56. The van der Waals surface area contributed by atoms with Crippen molar-refractivity contribution >= 4 is 31.9 Å². The highest BCUT2D eigenvalue weighted by Crippen LogP contribution is 2.33. The largest absolute Gasteiger partial charge is 0.506 e. The molecular formula is C11H15Br2NO. The van der Waals surface area contributed by atoms with E-state index in [1.165, 1.54) is 5.56 Å². The number of phenolic OH excluding ortho intramolecular Hbond substituents is 1. The number of hydrogen-bond acceptors (Lipinski definition) is 2. The number of aromatic hydroxyl groups is 1. The van der Waals surface area contributed by atoms with Gasteiger partial charge < -0.3 is 5.11 Å². The maximum atomic E-state index is 9.57. The standard InChI is InChI=1S/C11H15Br2NO/c1-3-14(4-2)7-8-5-9(12)11(15)10(13)6-8/h5-6,15H,3-4,7H2,1-2H3. The Labute approximate surface area is 108 Å². The molecule has 84 valence electrons.